The summed E-state index contributed by atoms with van der Waals surface area (Å²) in [5, 5.41) is 0.906. The maximum atomic E-state index is 6.22. The van der Waals surface area contributed by atoms with Gasteiger partial charge in [0.2, 0.25) is 5.88 Å². The molecule has 0 atom stereocenters. The molecule has 158 valence electrons. The SMILES string of the molecule is CCCc1ccc(Oc2nc(-c3ccc(N(CC)CC)cc3)nc3ccccc23)cc1. The summed E-state index contributed by atoms with van der Waals surface area (Å²) in [6.45, 7) is 8.49. The van der Waals surface area contributed by atoms with Gasteiger partial charge >= 0.3 is 0 Å². The third kappa shape index (κ3) is 4.69. The van der Waals surface area contributed by atoms with Crippen LogP contribution in [0.3, 0.4) is 0 Å². The molecular formula is C27H29N3O. The topological polar surface area (TPSA) is 38.2 Å². The van der Waals surface area contributed by atoms with E-state index in [-0.39, 0.29) is 0 Å². The average molecular weight is 412 g/mol. The predicted molar refractivity (Wildman–Crippen MR) is 129 cm³/mol. The monoisotopic (exact) mass is 411 g/mol. The van der Waals surface area contributed by atoms with Gasteiger partial charge in [0.05, 0.1) is 10.9 Å². The molecule has 4 nitrogen and oxygen atoms in total. The molecule has 0 spiro atoms. The highest BCUT2D eigenvalue weighted by atomic mass is 16.5. The highest BCUT2D eigenvalue weighted by Crippen LogP contribution is 2.31. The van der Waals surface area contributed by atoms with E-state index >= 15 is 0 Å². The van der Waals surface area contributed by atoms with E-state index in [1.807, 2.05) is 36.4 Å². The number of nitrogens with zero attached hydrogens (tertiary/aromatic N) is 3. The van der Waals surface area contributed by atoms with Gasteiger partial charge in [-0.3, -0.25) is 0 Å². The molecule has 0 radical (unpaired) electrons. The summed E-state index contributed by atoms with van der Waals surface area (Å²) in [5.74, 6) is 2.03. The van der Waals surface area contributed by atoms with Crippen molar-refractivity contribution in [2.75, 3.05) is 18.0 Å². The lowest BCUT2D eigenvalue weighted by Crippen LogP contribution is -2.21. The number of hydrogen-bond acceptors (Lipinski definition) is 4. The fourth-order valence-electron chi connectivity index (χ4n) is 3.79. The van der Waals surface area contributed by atoms with Gasteiger partial charge in [-0.2, -0.15) is 4.98 Å². The van der Waals surface area contributed by atoms with Crippen LogP contribution in [-0.2, 0) is 6.42 Å². The normalized spacial score (nSPS) is 10.9. The van der Waals surface area contributed by atoms with E-state index in [2.05, 4.69) is 62.1 Å². The predicted octanol–water partition coefficient (Wildman–Crippen LogP) is 6.89. The number of rotatable bonds is 8. The van der Waals surface area contributed by atoms with Gasteiger partial charge in [0, 0.05) is 24.3 Å². The first-order chi connectivity index (χ1) is 15.2. The number of benzene rings is 3. The summed E-state index contributed by atoms with van der Waals surface area (Å²) in [4.78, 5) is 11.9. The molecular weight excluding hydrogens is 382 g/mol. The van der Waals surface area contributed by atoms with Crippen LogP contribution in [0.4, 0.5) is 5.69 Å². The maximum Gasteiger partial charge on any atom is 0.230 e. The standard InChI is InChI=1S/C27H29N3O/c1-4-9-20-12-18-23(19-13-20)31-27-24-10-7-8-11-25(24)28-26(29-27)21-14-16-22(17-15-21)30(5-2)6-3/h7-8,10-19H,4-6,9H2,1-3H3. The highest BCUT2D eigenvalue weighted by Gasteiger charge is 2.12. The van der Waals surface area contributed by atoms with E-state index in [1.54, 1.807) is 0 Å². The van der Waals surface area contributed by atoms with Crippen LogP contribution in [0.25, 0.3) is 22.3 Å². The van der Waals surface area contributed by atoms with Crippen LogP contribution in [0.2, 0.25) is 0 Å². The molecule has 0 aliphatic rings. The van der Waals surface area contributed by atoms with Crippen LogP contribution in [0.5, 0.6) is 11.6 Å². The molecule has 0 N–H and O–H groups in total. The maximum absolute atomic E-state index is 6.22. The summed E-state index contributed by atoms with van der Waals surface area (Å²) in [5.41, 5.74) is 4.37. The fourth-order valence-corrected chi connectivity index (χ4v) is 3.79. The first-order valence-electron chi connectivity index (χ1n) is 11.1. The molecule has 0 saturated heterocycles. The van der Waals surface area contributed by atoms with E-state index in [1.165, 1.54) is 11.3 Å². The van der Waals surface area contributed by atoms with E-state index in [4.69, 9.17) is 14.7 Å². The van der Waals surface area contributed by atoms with E-state index < -0.39 is 0 Å². The van der Waals surface area contributed by atoms with Crippen LogP contribution in [0.1, 0.15) is 32.8 Å². The molecule has 4 aromatic rings. The van der Waals surface area contributed by atoms with Crippen molar-refractivity contribution in [3.05, 3.63) is 78.4 Å². The van der Waals surface area contributed by atoms with Crippen LogP contribution in [0.15, 0.2) is 72.8 Å². The van der Waals surface area contributed by atoms with Crippen molar-refractivity contribution >= 4 is 16.6 Å². The Kier molecular flexibility index (Phi) is 6.46. The summed E-state index contributed by atoms with van der Waals surface area (Å²) < 4.78 is 6.22. The number of para-hydroxylation sites is 1. The van der Waals surface area contributed by atoms with E-state index in [0.29, 0.717) is 11.7 Å². The molecule has 31 heavy (non-hydrogen) atoms. The van der Waals surface area contributed by atoms with Crippen molar-refractivity contribution in [2.24, 2.45) is 0 Å². The number of hydrogen-bond donors (Lipinski definition) is 0. The van der Waals surface area contributed by atoms with Crippen LogP contribution < -0.4 is 9.64 Å². The molecule has 4 heteroatoms. The lowest BCUT2D eigenvalue weighted by molar-refractivity contribution is 0.468. The van der Waals surface area contributed by atoms with Crippen LogP contribution in [-0.4, -0.2) is 23.1 Å². The molecule has 3 aromatic carbocycles. The molecule has 0 aliphatic carbocycles. The Labute approximate surface area is 184 Å². The number of aromatic nitrogens is 2. The van der Waals surface area contributed by atoms with Gasteiger partial charge in [-0.25, -0.2) is 4.98 Å². The van der Waals surface area contributed by atoms with E-state index in [9.17, 15) is 0 Å². The molecule has 0 unspecified atom stereocenters. The Balaban J connectivity index is 1.69. The van der Waals surface area contributed by atoms with E-state index in [0.717, 1.165) is 48.1 Å². The summed E-state index contributed by atoms with van der Waals surface area (Å²) >= 11 is 0. The molecule has 0 fully saturated rings. The largest absolute Gasteiger partial charge is 0.438 e. The minimum absolute atomic E-state index is 0.580. The molecule has 0 amide bonds. The molecule has 4 rings (SSSR count). The van der Waals surface area contributed by atoms with Crippen molar-refractivity contribution in [1.29, 1.82) is 0 Å². The second-order valence-electron chi connectivity index (χ2n) is 7.58. The quantitative estimate of drug-likeness (QED) is 0.316. The smallest absolute Gasteiger partial charge is 0.230 e. The molecule has 1 heterocycles. The molecule has 0 aliphatic heterocycles. The van der Waals surface area contributed by atoms with Crippen molar-refractivity contribution in [3.63, 3.8) is 0 Å². The summed E-state index contributed by atoms with van der Waals surface area (Å²) in [6, 6.07) is 24.7. The molecule has 0 bridgehead atoms. The summed E-state index contributed by atoms with van der Waals surface area (Å²) in [6.07, 6.45) is 2.21. The zero-order valence-electron chi connectivity index (χ0n) is 18.5. The molecule has 1 aromatic heterocycles. The van der Waals surface area contributed by atoms with Gasteiger partial charge in [0.1, 0.15) is 5.75 Å². The Bertz CT molecular complexity index is 1130. The zero-order valence-corrected chi connectivity index (χ0v) is 18.5. The Morgan fingerprint density at radius 2 is 1.48 bits per heavy atom. The van der Waals surface area contributed by atoms with Gasteiger partial charge in [-0.05, 0) is 74.4 Å². The van der Waals surface area contributed by atoms with Crippen LogP contribution >= 0.6 is 0 Å². The lowest BCUT2D eigenvalue weighted by Gasteiger charge is -2.21. The second kappa shape index (κ2) is 9.61. The fraction of sp³-hybridized carbons (Fsp3) is 0.259. The summed E-state index contributed by atoms with van der Waals surface area (Å²) in [7, 11) is 0. The number of fused-ring (bicyclic) bond motifs is 1. The molecule has 0 saturated carbocycles. The Morgan fingerprint density at radius 1 is 0.774 bits per heavy atom. The average Bonchev–Trinajstić information content (AvgIpc) is 2.82. The minimum Gasteiger partial charge on any atom is -0.438 e. The number of ether oxygens (including phenoxy) is 1. The highest BCUT2D eigenvalue weighted by molar-refractivity contribution is 5.85. The third-order valence-electron chi connectivity index (χ3n) is 5.50. The van der Waals surface area contributed by atoms with Gasteiger partial charge in [-0.15, -0.1) is 0 Å². The zero-order chi connectivity index (χ0) is 21.6. The first kappa shape index (κ1) is 20.9. The second-order valence-corrected chi connectivity index (χ2v) is 7.58. The Morgan fingerprint density at radius 3 is 2.16 bits per heavy atom. The van der Waals surface area contributed by atoms with Gasteiger partial charge in [0.15, 0.2) is 5.82 Å². The minimum atomic E-state index is 0.580. The third-order valence-corrected chi connectivity index (χ3v) is 5.50. The van der Waals surface area contributed by atoms with Crippen molar-refractivity contribution < 1.29 is 4.74 Å². The van der Waals surface area contributed by atoms with Gasteiger partial charge in [-0.1, -0.05) is 37.6 Å². The lowest BCUT2D eigenvalue weighted by atomic mass is 10.1. The first-order valence-corrected chi connectivity index (χ1v) is 11.1. The van der Waals surface area contributed by atoms with Crippen molar-refractivity contribution in [1.82, 2.24) is 9.97 Å². The number of anilines is 1. The van der Waals surface area contributed by atoms with Crippen molar-refractivity contribution in [2.45, 2.75) is 33.6 Å². The van der Waals surface area contributed by atoms with Crippen molar-refractivity contribution in [3.8, 4) is 23.0 Å². The van der Waals surface area contributed by atoms with Gasteiger partial charge < -0.3 is 9.64 Å². The van der Waals surface area contributed by atoms with Crippen LogP contribution in [0, 0.1) is 0 Å². The number of aryl methyl sites for hydroxylation is 1. The van der Waals surface area contributed by atoms with Gasteiger partial charge in [0.25, 0.3) is 0 Å². The Hall–Kier alpha value is -3.40.